The second-order valence-electron chi connectivity index (χ2n) is 5.24. The summed E-state index contributed by atoms with van der Waals surface area (Å²) in [7, 11) is 0. The molecule has 1 amide bonds. The standard InChI is InChI=1S/C13H16N2O5S/c1-13(2,3)21-7-11(16)14-10-6-8(15(19)20)4-5-9(10)12(17)18/h4-6H,7H2,1-3H3,(H,14,16)(H,17,18). The number of hydrogen-bond acceptors (Lipinski definition) is 5. The highest BCUT2D eigenvalue weighted by atomic mass is 32.2. The maximum absolute atomic E-state index is 11.8. The highest BCUT2D eigenvalue weighted by Crippen LogP contribution is 2.25. The molecule has 0 heterocycles. The topological polar surface area (TPSA) is 110 Å². The Bertz CT molecular complexity index is 580. The van der Waals surface area contributed by atoms with Crippen molar-refractivity contribution in [1.82, 2.24) is 0 Å². The lowest BCUT2D eigenvalue weighted by Crippen LogP contribution is -2.20. The van der Waals surface area contributed by atoms with Crippen molar-refractivity contribution in [3.63, 3.8) is 0 Å². The van der Waals surface area contributed by atoms with Crippen molar-refractivity contribution in [1.29, 1.82) is 0 Å². The molecule has 0 aliphatic heterocycles. The van der Waals surface area contributed by atoms with Crippen LogP contribution in [-0.2, 0) is 4.79 Å². The largest absolute Gasteiger partial charge is 0.478 e. The summed E-state index contributed by atoms with van der Waals surface area (Å²) in [6, 6.07) is 3.24. The zero-order chi connectivity index (χ0) is 16.2. The fourth-order valence-electron chi connectivity index (χ4n) is 1.40. The number of nitro benzene ring substituents is 1. The number of nitro groups is 1. The Hall–Kier alpha value is -2.09. The van der Waals surface area contributed by atoms with E-state index in [0.717, 1.165) is 18.2 Å². The molecule has 7 nitrogen and oxygen atoms in total. The number of benzene rings is 1. The van der Waals surface area contributed by atoms with Crippen molar-refractivity contribution in [3.05, 3.63) is 33.9 Å². The van der Waals surface area contributed by atoms with Gasteiger partial charge in [0.05, 0.1) is 21.9 Å². The number of amides is 1. The number of anilines is 1. The van der Waals surface area contributed by atoms with E-state index in [4.69, 9.17) is 5.11 Å². The Morgan fingerprint density at radius 3 is 2.48 bits per heavy atom. The molecule has 0 aliphatic carbocycles. The molecule has 0 atom stereocenters. The minimum absolute atomic E-state index is 0.0730. The first-order chi connectivity index (χ1) is 9.60. The lowest BCUT2D eigenvalue weighted by Gasteiger charge is -2.17. The average Bonchev–Trinajstić information content (AvgIpc) is 2.35. The van der Waals surface area contributed by atoms with Crippen LogP contribution in [0.4, 0.5) is 11.4 Å². The smallest absolute Gasteiger partial charge is 0.337 e. The highest BCUT2D eigenvalue weighted by molar-refractivity contribution is 8.01. The number of hydrogen-bond donors (Lipinski definition) is 2. The van der Waals surface area contributed by atoms with E-state index in [2.05, 4.69) is 5.32 Å². The Balaban J connectivity index is 2.94. The molecule has 0 aromatic heterocycles. The van der Waals surface area contributed by atoms with E-state index in [9.17, 15) is 19.7 Å². The number of rotatable bonds is 5. The maximum Gasteiger partial charge on any atom is 0.337 e. The van der Waals surface area contributed by atoms with Crippen LogP contribution in [-0.4, -0.2) is 32.4 Å². The summed E-state index contributed by atoms with van der Waals surface area (Å²) >= 11 is 1.39. The van der Waals surface area contributed by atoms with E-state index in [1.165, 1.54) is 11.8 Å². The lowest BCUT2D eigenvalue weighted by molar-refractivity contribution is -0.384. The number of carboxylic acids is 1. The van der Waals surface area contributed by atoms with Gasteiger partial charge in [-0.3, -0.25) is 14.9 Å². The quantitative estimate of drug-likeness (QED) is 0.639. The van der Waals surface area contributed by atoms with Crippen LogP contribution in [0.15, 0.2) is 18.2 Å². The van der Waals surface area contributed by atoms with E-state index >= 15 is 0 Å². The molecule has 0 radical (unpaired) electrons. The predicted molar refractivity (Wildman–Crippen MR) is 80.9 cm³/mol. The second-order valence-corrected chi connectivity index (χ2v) is 7.04. The van der Waals surface area contributed by atoms with Gasteiger partial charge in [0.2, 0.25) is 5.91 Å². The summed E-state index contributed by atoms with van der Waals surface area (Å²) in [5.74, 6) is -1.53. The molecule has 0 bridgehead atoms. The number of nitrogens with one attached hydrogen (secondary N) is 1. The Morgan fingerprint density at radius 1 is 1.38 bits per heavy atom. The third-order valence-electron chi connectivity index (χ3n) is 2.35. The number of thioether (sulfide) groups is 1. The van der Waals surface area contributed by atoms with Crippen LogP contribution in [0.5, 0.6) is 0 Å². The fraction of sp³-hybridized carbons (Fsp3) is 0.385. The Labute approximate surface area is 125 Å². The van der Waals surface area contributed by atoms with Gasteiger partial charge in [-0.05, 0) is 6.07 Å². The fourth-order valence-corrected chi connectivity index (χ4v) is 2.04. The van der Waals surface area contributed by atoms with Gasteiger partial charge < -0.3 is 10.4 Å². The van der Waals surface area contributed by atoms with Gasteiger partial charge in [-0.2, -0.15) is 0 Å². The Kier molecular flexibility index (Phi) is 5.31. The zero-order valence-corrected chi connectivity index (χ0v) is 12.7. The summed E-state index contributed by atoms with van der Waals surface area (Å²) in [5.41, 5.74) is -0.537. The molecule has 0 saturated carbocycles. The normalized spacial score (nSPS) is 11.0. The van der Waals surface area contributed by atoms with Gasteiger partial charge >= 0.3 is 5.97 Å². The molecule has 114 valence electrons. The van der Waals surface area contributed by atoms with Crippen molar-refractivity contribution in [2.45, 2.75) is 25.5 Å². The van der Waals surface area contributed by atoms with Crippen LogP contribution >= 0.6 is 11.8 Å². The minimum atomic E-state index is -1.26. The maximum atomic E-state index is 11.8. The number of non-ortho nitro benzene ring substituents is 1. The first kappa shape index (κ1) is 17.0. The highest BCUT2D eigenvalue weighted by Gasteiger charge is 2.18. The molecule has 0 aliphatic rings. The van der Waals surface area contributed by atoms with Crippen LogP contribution in [0.25, 0.3) is 0 Å². The van der Waals surface area contributed by atoms with Gasteiger partial charge in [0.1, 0.15) is 0 Å². The average molecular weight is 312 g/mol. The summed E-state index contributed by atoms with van der Waals surface area (Å²) < 4.78 is -0.115. The third kappa shape index (κ3) is 5.42. The molecule has 8 heteroatoms. The van der Waals surface area contributed by atoms with E-state index in [1.54, 1.807) is 0 Å². The van der Waals surface area contributed by atoms with Crippen LogP contribution in [0, 0.1) is 10.1 Å². The van der Waals surface area contributed by atoms with E-state index in [0.29, 0.717) is 0 Å². The van der Waals surface area contributed by atoms with Crippen molar-refractivity contribution in [2.75, 3.05) is 11.1 Å². The molecule has 0 unspecified atom stereocenters. The van der Waals surface area contributed by atoms with Crippen LogP contribution in [0.2, 0.25) is 0 Å². The van der Waals surface area contributed by atoms with Gasteiger partial charge in [-0.1, -0.05) is 20.8 Å². The van der Waals surface area contributed by atoms with Crippen molar-refractivity contribution < 1.29 is 19.6 Å². The van der Waals surface area contributed by atoms with Crippen molar-refractivity contribution >= 4 is 35.0 Å². The molecule has 2 N–H and O–H groups in total. The first-order valence-electron chi connectivity index (χ1n) is 6.05. The molecular weight excluding hydrogens is 296 g/mol. The van der Waals surface area contributed by atoms with Crippen LogP contribution in [0.1, 0.15) is 31.1 Å². The number of nitrogens with zero attached hydrogens (tertiary/aromatic N) is 1. The number of carbonyl (C=O) groups excluding carboxylic acids is 1. The van der Waals surface area contributed by atoms with Crippen LogP contribution < -0.4 is 5.32 Å². The number of carboxylic acid groups (broad SMARTS) is 1. The third-order valence-corrected chi connectivity index (χ3v) is 3.63. The molecule has 0 saturated heterocycles. The predicted octanol–water partition coefficient (Wildman–Crippen LogP) is 2.76. The number of aromatic carboxylic acids is 1. The SMILES string of the molecule is CC(C)(C)SCC(=O)Nc1cc([N+](=O)[O-])ccc1C(=O)O. The molecule has 1 aromatic rings. The molecule has 0 fully saturated rings. The van der Waals surface area contributed by atoms with E-state index < -0.39 is 16.8 Å². The van der Waals surface area contributed by atoms with Gasteiger partial charge in [0.15, 0.2) is 0 Å². The Morgan fingerprint density at radius 2 is 2.00 bits per heavy atom. The second kappa shape index (κ2) is 6.57. The van der Waals surface area contributed by atoms with Gasteiger partial charge in [0.25, 0.3) is 5.69 Å². The van der Waals surface area contributed by atoms with E-state index in [-0.39, 0.29) is 27.4 Å². The zero-order valence-electron chi connectivity index (χ0n) is 11.9. The van der Waals surface area contributed by atoms with Gasteiger partial charge in [0, 0.05) is 16.9 Å². The minimum Gasteiger partial charge on any atom is -0.478 e. The van der Waals surface area contributed by atoms with Crippen molar-refractivity contribution in [3.8, 4) is 0 Å². The van der Waals surface area contributed by atoms with Gasteiger partial charge in [-0.25, -0.2) is 4.79 Å². The summed E-state index contributed by atoms with van der Waals surface area (Å²) in [6.07, 6.45) is 0. The van der Waals surface area contributed by atoms with Crippen molar-refractivity contribution in [2.24, 2.45) is 0 Å². The first-order valence-corrected chi connectivity index (χ1v) is 7.04. The molecule has 1 rings (SSSR count). The summed E-state index contributed by atoms with van der Waals surface area (Å²) in [6.45, 7) is 5.84. The van der Waals surface area contributed by atoms with E-state index in [1.807, 2.05) is 20.8 Å². The number of carbonyl (C=O) groups is 2. The molecular formula is C13H16N2O5S. The monoisotopic (exact) mass is 312 g/mol. The molecule has 1 aromatic carbocycles. The molecule has 21 heavy (non-hydrogen) atoms. The summed E-state index contributed by atoms with van der Waals surface area (Å²) in [5, 5.41) is 22.2. The van der Waals surface area contributed by atoms with Gasteiger partial charge in [-0.15, -0.1) is 11.8 Å². The molecule has 0 spiro atoms. The lowest BCUT2D eigenvalue weighted by atomic mass is 10.1. The van der Waals surface area contributed by atoms with Crippen LogP contribution in [0.3, 0.4) is 0 Å². The summed E-state index contributed by atoms with van der Waals surface area (Å²) in [4.78, 5) is 33.0.